The average molecular weight is 209 g/mol. The first-order valence-corrected chi connectivity index (χ1v) is 5.13. The van der Waals surface area contributed by atoms with Crippen molar-refractivity contribution in [1.29, 1.82) is 5.26 Å². The first-order valence-electron chi connectivity index (χ1n) is 5.13. The van der Waals surface area contributed by atoms with Gasteiger partial charge in [-0.3, -0.25) is 0 Å². The first kappa shape index (κ1) is 10.3. The molecule has 0 saturated heterocycles. The molecule has 0 unspecified atom stereocenters. The van der Waals surface area contributed by atoms with Crippen molar-refractivity contribution in [2.75, 3.05) is 0 Å². The van der Waals surface area contributed by atoms with E-state index < -0.39 is 0 Å². The van der Waals surface area contributed by atoms with Gasteiger partial charge in [-0.25, -0.2) is 9.97 Å². The van der Waals surface area contributed by atoms with Crippen LogP contribution in [0.2, 0.25) is 0 Å². The second-order valence-corrected chi connectivity index (χ2v) is 3.49. The van der Waals surface area contributed by atoms with Crippen LogP contribution in [0.25, 0.3) is 0 Å². The van der Waals surface area contributed by atoms with E-state index in [1.54, 1.807) is 6.07 Å². The van der Waals surface area contributed by atoms with Crippen LogP contribution in [0.15, 0.2) is 42.7 Å². The minimum absolute atomic E-state index is 0.429. The number of aromatic nitrogens is 2. The summed E-state index contributed by atoms with van der Waals surface area (Å²) in [6, 6.07) is 14.0. The van der Waals surface area contributed by atoms with Gasteiger partial charge in [0.15, 0.2) is 0 Å². The molecule has 0 aliphatic carbocycles. The third kappa shape index (κ3) is 2.64. The van der Waals surface area contributed by atoms with E-state index in [4.69, 9.17) is 5.26 Å². The summed E-state index contributed by atoms with van der Waals surface area (Å²) in [5.74, 6) is 0. The van der Waals surface area contributed by atoms with Crippen LogP contribution in [0.4, 0.5) is 0 Å². The Kier molecular flexibility index (Phi) is 3.25. The normalized spacial score (nSPS) is 9.69. The molecule has 78 valence electrons. The third-order valence-electron chi connectivity index (χ3n) is 2.35. The zero-order valence-electron chi connectivity index (χ0n) is 8.80. The fourth-order valence-electron chi connectivity index (χ4n) is 1.51. The monoisotopic (exact) mass is 209 g/mol. The topological polar surface area (TPSA) is 49.6 Å². The van der Waals surface area contributed by atoms with Crippen molar-refractivity contribution in [2.24, 2.45) is 0 Å². The van der Waals surface area contributed by atoms with E-state index in [-0.39, 0.29) is 0 Å². The lowest BCUT2D eigenvalue weighted by Crippen LogP contribution is -1.96. The molecule has 0 amide bonds. The van der Waals surface area contributed by atoms with Gasteiger partial charge in [0.1, 0.15) is 18.1 Å². The minimum atomic E-state index is 0.429. The van der Waals surface area contributed by atoms with Crippen LogP contribution in [0.1, 0.15) is 17.0 Å². The van der Waals surface area contributed by atoms with Crippen molar-refractivity contribution in [3.05, 3.63) is 59.7 Å². The lowest BCUT2D eigenvalue weighted by atomic mass is 10.1. The standard InChI is InChI=1S/C13H11N3/c14-9-13-8-12(15-10-16-13)7-6-11-4-2-1-3-5-11/h1-5,8,10H,6-7H2. The minimum Gasteiger partial charge on any atom is -0.241 e. The Bertz CT molecular complexity index is 500. The van der Waals surface area contributed by atoms with E-state index in [2.05, 4.69) is 22.1 Å². The number of nitriles is 1. The van der Waals surface area contributed by atoms with Crippen molar-refractivity contribution >= 4 is 0 Å². The second kappa shape index (κ2) is 5.04. The fourth-order valence-corrected chi connectivity index (χ4v) is 1.51. The zero-order chi connectivity index (χ0) is 11.2. The van der Waals surface area contributed by atoms with Gasteiger partial charge in [-0.15, -0.1) is 0 Å². The van der Waals surface area contributed by atoms with Gasteiger partial charge in [-0.1, -0.05) is 30.3 Å². The Hall–Kier alpha value is -2.21. The molecule has 0 fully saturated rings. The molecule has 1 aromatic heterocycles. The first-order chi connectivity index (χ1) is 7.88. The maximum absolute atomic E-state index is 8.71. The Balaban J connectivity index is 2.03. The SMILES string of the molecule is N#Cc1cc(CCc2ccccc2)ncn1. The zero-order valence-corrected chi connectivity index (χ0v) is 8.80. The fraction of sp³-hybridized carbons (Fsp3) is 0.154. The molecule has 0 radical (unpaired) electrons. The maximum atomic E-state index is 8.71. The van der Waals surface area contributed by atoms with E-state index in [9.17, 15) is 0 Å². The van der Waals surface area contributed by atoms with Crippen molar-refractivity contribution in [1.82, 2.24) is 9.97 Å². The van der Waals surface area contributed by atoms with Crippen LogP contribution < -0.4 is 0 Å². The molecule has 16 heavy (non-hydrogen) atoms. The molecule has 3 nitrogen and oxygen atoms in total. The van der Waals surface area contributed by atoms with Gasteiger partial charge in [-0.05, 0) is 24.5 Å². The molecule has 1 aromatic carbocycles. The number of hydrogen-bond acceptors (Lipinski definition) is 3. The molecule has 0 spiro atoms. The highest BCUT2D eigenvalue weighted by Gasteiger charge is 1.99. The Labute approximate surface area is 94.4 Å². The average Bonchev–Trinajstić information content (AvgIpc) is 2.38. The smallest absolute Gasteiger partial charge is 0.144 e. The van der Waals surface area contributed by atoms with Gasteiger partial charge >= 0.3 is 0 Å². The molecule has 2 rings (SSSR count). The number of nitrogens with zero attached hydrogens (tertiary/aromatic N) is 3. The largest absolute Gasteiger partial charge is 0.241 e. The van der Waals surface area contributed by atoms with Gasteiger partial charge in [-0.2, -0.15) is 5.26 Å². The summed E-state index contributed by atoms with van der Waals surface area (Å²) in [5, 5.41) is 8.71. The highest BCUT2D eigenvalue weighted by molar-refractivity contribution is 5.22. The number of rotatable bonds is 3. The van der Waals surface area contributed by atoms with Crippen LogP contribution in [0.3, 0.4) is 0 Å². The van der Waals surface area contributed by atoms with Crippen molar-refractivity contribution in [3.8, 4) is 6.07 Å². The molecule has 0 N–H and O–H groups in total. The molecule has 3 heteroatoms. The highest BCUT2D eigenvalue weighted by Crippen LogP contribution is 2.05. The van der Waals surface area contributed by atoms with E-state index in [1.165, 1.54) is 11.9 Å². The van der Waals surface area contributed by atoms with Gasteiger partial charge in [0.05, 0.1) is 0 Å². The maximum Gasteiger partial charge on any atom is 0.144 e. The lowest BCUT2D eigenvalue weighted by molar-refractivity contribution is 0.897. The quantitative estimate of drug-likeness (QED) is 0.778. The summed E-state index contributed by atoms with van der Waals surface area (Å²) in [6.45, 7) is 0. The summed E-state index contributed by atoms with van der Waals surface area (Å²) in [5.41, 5.74) is 2.62. The molecule has 1 heterocycles. The Morgan fingerprint density at radius 1 is 1.06 bits per heavy atom. The molecular weight excluding hydrogens is 198 g/mol. The highest BCUT2D eigenvalue weighted by atomic mass is 14.8. The number of benzene rings is 1. The van der Waals surface area contributed by atoms with E-state index in [0.29, 0.717) is 5.69 Å². The molecule has 0 saturated carbocycles. The second-order valence-electron chi connectivity index (χ2n) is 3.49. The van der Waals surface area contributed by atoms with Crippen LogP contribution in [0.5, 0.6) is 0 Å². The van der Waals surface area contributed by atoms with E-state index >= 15 is 0 Å². The van der Waals surface area contributed by atoms with Crippen LogP contribution in [-0.2, 0) is 12.8 Å². The van der Waals surface area contributed by atoms with E-state index in [1.807, 2.05) is 24.3 Å². The molecule has 0 atom stereocenters. The van der Waals surface area contributed by atoms with Crippen molar-refractivity contribution in [3.63, 3.8) is 0 Å². The predicted octanol–water partition coefficient (Wildman–Crippen LogP) is 2.13. The molecular formula is C13H11N3. The van der Waals surface area contributed by atoms with Crippen LogP contribution >= 0.6 is 0 Å². The van der Waals surface area contributed by atoms with Gasteiger partial charge < -0.3 is 0 Å². The van der Waals surface area contributed by atoms with Gasteiger partial charge in [0, 0.05) is 5.69 Å². The Morgan fingerprint density at radius 3 is 2.62 bits per heavy atom. The molecule has 0 bridgehead atoms. The van der Waals surface area contributed by atoms with Gasteiger partial charge in [0.25, 0.3) is 0 Å². The number of aryl methyl sites for hydroxylation is 2. The summed E-state index contributed by atoms with van der Waals surface area (Å²) in [7, 11) is 0. The lowest BCUT2D eigenvalue weighted by Gasteiger charge is -2.00. The molecule has 0 aliphatic heterocycles. The van der Waals surface area contributed by atoms with Gasteiger partial charge in [0.2, 0.25) is 0 Å². The van der Waals surface area contributed by atoms with Crippen LogP contribution in [-0.4, -0.2) is 9.97 Å². The number of hydrogen-bond donors (Lipinski definition) is 0. The van der Waals surface area contributed by atoms with E-state index in [0.717, 1.165) is 18.5 Å². The van der Waals surface area contributed by atoms with Crippen molar-refractivity contribution < 1.29 is 0 Å². The summed E-state index contributed by atoms with van der Waals surface area (Å²) < 4.78 is 0. The molecule has 0 aliphatic rings. The molecule has 2 aromatic rings. The summed E-state index contributed by atoms with van der Waals surface area (Å²) >= 11 is 0. The van der Waals surface area contributed by atoms with Crippen molar-refractivity contribution in [2.45, 2.75) is 12.8 Å². The summed E-state index contributed by atoms with van der Waals surface area (Å²) in [4.78, 5) is 7.98. The van der Waals surface area contributed by atoms with Crippen LogP contribution in [0, 0.1) is 11.3 Å². The Morgan fingerprint density at radius 2 is 1.88 bits per heavy atom. The summed E-state index contributed by atoms with van der Waals surface area (Å²) in [6.07, 6.45) is 3.21. The third-order valence-corrected chi connectivity index (χ3v) is 2.35. The predicted molar refractivity (Wildman–Crippen MR) is 60.6 cm³/mol.